The Balaban J connectivity index is 2.59. The normalized spacial score (nSPS) is 10.1. The first-order valence-electron chi connectivity index (χ1n) is 6.35. The molecule has 0 saturated carbocycles. The molecule has 0 saturated heterocycles. The summed E-state index contributed by atoms with van der Waals surface area (Å²) in [5.41, 5.74) is 1.16. The topological polar surface area (TPSA) is 57.6 Å². The lowest BCUT2D eigenvalue weighted by atomic mass is 10.1. The molecule has 0 atom stereocenters. The summed E-state index contributed by atoms with van der Waals surface area (Å²) in [7, 11) is 0. The highest BCUT2D eigenvalue weighted by Crippen LogP contribution is 2.29. The van der Waals surface area contributed by atoms with Crippen LogP contribution in [0, 0.1) is 0 Å². The van der Waals surface area contributed by atoms with Crippen LogP contribution in [0.5, 0.6) is 0 Å². The molecule has 1 N–H and O–H groups in total. The summed E-state index contributed by atoms with van der Waals surface area (Å²) in [4.78, 5) is 25.0. The van der Waals surface area contributed by atoms with E-state index in [1.54, 1.807) is 37.3 Å². The van der Waals surface area contributed by atoms with Crippen LogP contribution in [0.15, 0.2) is 54.6 Å². The molecule has 2 aromatic carbocycles. The molecule has 0 bridgehead atoms. The van der Waals surface area contributed by atoms with Crippen molar-refractivity contribution in [1.82, 2.24) is 0 Å². The average molecular weight is 269 g/mol. The number of carbonyl (C=O) groups excluding carboxylic acids is 1. The van der Waals surface area contributed by atoms with Gasteiger partial charge in [-0.3, -0.25) is 9.69 Å². The Morgan fingerprint density at radius 2 is 1.60 bits per heavy atom. The van der Waals surface area contributed by atoms with Crippen molar-refractivity contribution in [1.29, 1.82) is 0 Å². The van der Waals surface area contributed by atoms with Crippen molar-refractivity contribution in [3.05, 3.63) is 60.2 Å². The van der Waals surface area contributed by atoms with E-state index in [0.29, 0.717) is 17.8 Å². The van der Waals surface area contributed by atoms with Gasteiger partial charge >= 0.3 is 5.97 Å². The molecule has 0 spiro atoms. The number of hydrogen-bond acceptors (Lipinski definition) is 2. The van der Waals surface area contributed by atoms with Crippen LogP contribution in [0.2, 0.25) is 0 Å². The molecule has 0 aliphatic heterocycles. The first-order valence-corrected chi connectivity index (χ1v) is 6.35. The third-order valence-electron chi connectivity index (χ3n) is 2.94. The summed E-state index contributed by atoms with van der Waals surface area (Å²) in [6.45, 7) is 1.75. The van der Waals surface area contributed by atoms with Crippen LogP contribution in [-0.4, -0.2) is 17.0 Å². The third kappa shape index (κ3) is 2.69. The van der Waals surface area contributed by atoms with E-state index < -0.39 is 5.97 Å². The summed E-state index contributed by atoms with van der Waals surface area (Å²) in [6.07, 6.45) is 0.294. The fraction of sp³-hybridized carbons (Fsp3) is 0.125. The minimum Gasteiger partial charge on any atom is -0.478 e. The first-order chi connectivity index (χ1) is 9.65. The Morgan fingerprint density at radius 1 is 1.00 bits per heavy atom. The highest BCUT2D eigenvalue weighted by atomic mass is 16.4. The number of anilines is 2. The summed E-state index contributed by atoms with van der Waals surface area (Å²) in [5, 5.41) is 9.28. The van der Waals surface area contributed by atoms with Crippen molar-refractivity contribution in [3.8, 4) is 0 Å². The van der Waals surface area contributed by atoms with Crippen LogP contribution in [0.25, 0.3) is 0 Å². The second kappa shape index (κ2) is 6.02. The molecule has 0 heterocycles. The maximum atomic E-state index is 12.2. The fourth-order valence-electron chi connectivity index (χ4n) is 2.00. The molecular formula is C16H15NO3. The van der Waals surface area contributed by atoms with Gasteiger partial charge in [-0.15, -0.1) is 0 Å². The molecule has 1 amide bonds. The van der Waals surface area contributed by atoms with Gasteiger partial charge in [0, 0.05) is 12.1 Å². The van der Waals surface area contributed by atoms with Crippen molar-refractivity contribution in [2.45, 2.75) is 13.3 Å². The average Bonchev–Trinajstić information content (AvgIpc) is 2.48. The Kier molecular flexibility index (Phi) is 4.15. The van der Waals surface area contributed by atoms with Gasteiger partial charge in [0.2, 0.25) is 5.91 Å². The van der Waals surface area contributed by atoms with Gasteiger partial charge < -0.3 is 5.11 Å². The number of nitrogens with zero attached hydrogens (tertiary/aromatic N) is 1. The van der Waals surface area contributed by atoms with Crippen LogP contribution in [-0.2, 0) is 4.79 Å². The smallest absolute Gasteiger partial charge is 0.337 e. The number of carboxylic acid groups (broad SMARTS) is 1. The number of amides is 1. The molecule has 0 aromatic heterocycles. The van der Waals surface area contributed by atoms with E-state index in [2.05, 4.69) is 0 Å². The molecule has 0 radical (unpaired) electrons. The summed E-state index contributed by atoms with van der Waals surface area (Å²) < 4.78 is 0. The number of carbonyl (C=O) groups is 2. The van der Waals surface area contributed by atoms with E-state index in [1.165, 1.54) is 11.0 Å². The number of aromatic carboxylic acids is 1. The predicted octanol–water partition coefficient (Wildman–Crippen LogP) is 3.46. The van der Waals surface area contributed by atoms with Crippen molar-refractivity contribution in [2.75, 3.05) is 4.90 Å². The van der Waals surface area contributed by atoms with Gasteiger partial charge in [-0.25, -0.2) is 4.79 Å². The molecule has 0 aliphatic carbocycles. The van der Waals surface area contributed by atoms with Crippen LogP contribution in [0.3, 0.4) is 0 Å². The van der Waals surface area contributed by atoms with Gasteiger partial charge in [0.15, 0.2) is 0 Å². The SMILES string of the molecule is CCC(=O)N(c1ccccc1)c1ccccc1C(=O)O. The van der Waals surface area contributed by atoms with Crippen molar-refractivity contribution >= 4 is 23.3 Å². The monoisotopic (exact) mass is 269 g/mol. The first kappa shape index (κ1) is 13.8. The van der Waals surface area contributed by atoms with Crippen LogP contribution < -0.4 is 4.90 Å². The highest BCUT2D eigenvalue weighted by molar-refractivity contribution is 6.06. The molecule has 102 valence electrons. The molecule has 0 fully saturated rings. The van der Waals surface area contributed by atoms with Gasteiger partial charge in [0.05, 0.1) is 11.3 Å². The van der Waals surface area contributed by atoms with Crippen molar-refractivity contribution < 1.29 is 14.7 Å². The summed E-state index contributed by atoms with van der Waals surface area (Å²) in [5.74, 6) is -1.20. The Labute approximate surface area is 117 Å². The van der Waals surface area contributed by atoms with Gasteiger partial charge in [-0.1, -0.05) is 37.3 Å². The maximum absolute atomic E-state index is 12.2. The van der Waals surface area contributed by atoms with Gasteiger partial charge in [-0.05, 0) is 24.3 Å². The summed E-state index contributed by atoms with van der Waals surface area (Å²) in [6, 6.07) is 15.6. The number of para-hydroxylation sites is 2. The lowest BCUT2D eigenvalue weighted by Crippen LogP contribution is -2.26. The molecule has 20 heavy (non-hydrogen) atoms. The molecule has 2 rings (SSSR count). The Hall–Kier alpha value is -2.62. The number of benzene rings is 2. The van der Waals surface area contributed by atoms with E-state index in [1.807, 2.05) is 18.2 Å². The predicted molar refractivity (Wildman–Crippen MR) is 77.3 cm³/mol. The van der Waals surface area contributed by atoms with Gasteiger partial charge in [-0.2, -0.15) is 0 Å². The zero-order valence-electron chi connectivity index (χ0n) is 11.1. The molecule has 4 heteroatoms. The quantitative estimate of drug-likeness (QED) is 0.924. The zero-order chi connectivity index (χ0) is 14.5. The number of carboxylic acids is 1. The van der Waals surface area contributed by atoms with Gasteiger partial charge in [0.1, 0.15) is 0 Å². The second-order valence-electron chi connectivity index (χ2n) is 4.24. The molecule has 2 aromatic rings. The standard InChI is InChI=1S/C16H15NO3/c1-2-15(18)17(12-8-4-3-5-9-12)14-11-7-6-10-13(14)16(19)20/h3-11H,2H2,1H3,(H,19,20). The van der Waals surface area contributed by atoms with E-state index in [-0.39, 0.29) is 11.5 Å². The molecule has 4 nitrogen and oxygen atoms in total. The van der Waals surface area contributed by atoms with E-state index >= 15 is 0 Å². The maximum Gasteiger partial charge on any atom is 0.337 e. The van der Waals surface area contributed by atoms with Crippen molar-refractivity contribution in [3.63, 3.8) is 0 Å². The Morgan fingerprint density at radius 3 is 2.20 bits per heavy atom. The lowest BCUT2D eigenvalue weighted by molar-refractivity contribution is -0.117. The highest BCUT2D eigenvalue weighted by Gasteiger charge is 2.21. The number of rotatable bonds is 4. The minimum absolute atomic E-state index is 0.109. The number of hydrogen-bond donors (Lipinski definition) is 1. The van der Waals surface area contributed by atoms with E-state index in [0.717, 1.165) is 0 Å². The van der Waals surface area contributed by atoms with Crippen LogP contribution >= 0.6 is 0 Å². The zero-order valence-corrected chi connectivity index (χ0v) is 11.1. The third-order valence-corrected chi connectivity index (χ3v) is 2.94. The lowest BCUT2D eigenvalue weighted by Gasteiger charge is -2.24. The minimum atomic E-state index is -1.05. The van der Waals surface area contributed by atoms with Crippen LogP contribution in [0.1, 0.15) is 23.7 Å². The molecule has 0 aliphatic rings. The second-order valence-corrected chi connectivity index (χ2v) is 4.24. The summed E-state index contributed by atoms with van der Waals surface area (Å²) >= 11 is 0. The van der Waals surface area contributed by atoms with Crippen molar-refractivity contribution in [2.24, 2.45) is 0 Å². The van der Waals surface area contributed by atoms with Crippen LogP contribution in [0.4, 0.5) is 11.4 Å². The molecule has 0 unspecified atom stereocenters. The van der Waals surface area contributed by atoms with E-state index in [9.17, 15) is 14.7 Å². The Bertz CT molecular complexity index is 623. The van der Waals surface area contributed by atoms with Gasteiger partial charge in [0.25, 0.3) is 0 Å². The molecular weight excluding hydrogens is 254 g/mol. The van der Waals surface area contributed by atoms with E-state index in [4.69, 9.17) is 0 Å². The largest absolute Gasteiger partial charge is 0.478 e. The fourth-order valence-corrected chi connectivity index (χ4v) is 2.00.